The van der Waals surface area contributed by atoms with Crippen molar-refractivity contribution in [1.82, 2.24) is 19.7 Å². The molecule has 42 heavy (non-hydrogen) atoms. The number of anilines is 4. The summed E-state index contributed by atoms with van der Waals surface area (Å²) < 4.78 is 55.0. The van der Waals surface area contributed by atoms with Crippen molar-refractivity contribution in [1.29, 1.82) is 0 Å². The van der Waals surface area contributed by atoms with E-state index in [1.165, 1.54) is 18.2 Å². The second kappa shape index (κ2) is 11.9. The molecular formula is C28H31N7O5S2. The lowest BCUT2D eigenvalue weighted by atomic mass is 10.2. The van der Waals surface area contributed by atoms with E-state index in [1.807, 2.05) is 55.7 Å². The Morgan fingerprint density at radius 1 is 0.929 bits per heavy atom. The number of rotatable bonds is 6. The molecule has 0 spiro atoms. The molecule has 2 aromatic heterocycles. The first-order valence-electron chi connectivity index (χ1n) is 12.6. The Kier molecular flexibility index (Phi) is 8.63. The maximum atomic E-state index is 11.8. The maximum absolute atomic E-state index is 11.8. The largest absolute Gasteiger partial charge is 0.329 e. The summed E-state index contributed by atoms with van der Waals surface area (Å²) in [6, 6.07) is 18.8. The van der Waals surface area contributed by atoms with Gasteiger partial charge in [0.15, 0.2) is 0 Å². The Morgan fingerprint density at radius 2 is 1.62 bits per heavy atom. The number of sulfonamides is 1. The van der Waals surface area contributed by atoms with Gasteiger partial charge in [-0.1, -0.05) is 23.8 Å². The topological polar surface area (TPSA) is 173 Å². The Hall–Kier alpha value is -4.37. The highest BCUT2D eigenvalue weighted by Gasteiger charge is 2.14. The van der Waals surface area contributed by atoms with Crippen molar-refractivity contribution < 1.29 is 21.4 Å². The van der Waals surface area contributed by atoms with E-state index in [4.69, 9.17) is 9.69 Å². The predicted molar refractivity (Wildman–Crippen MR) is 162 cm³/mol. The van der Waals surface area contributed by atoms with Gasteiger partial charge >= 0.3 is 0 Å². The van der Waals surface area contributed by atoms with Gasteiger partial charge in [0.05, 0.1) is 15.3 Å². The highest BCUT2D eigenvalue weighted by molar-refractivity contribution is 7.89. The molecule has 0 saturated carbocycles. The smallest absolute Gasteiger partial charge is 0.294 e. The fourth-order valence-corrected chi connectivity index (χ4v) is 5.37. The molecule has 0 radical (unpaired) electrons. The van der Waals surface area contributed by atoms with Crippen molar-refractivity contribution in [3.63, 3.8) is 0 Å². The average molecular weight is 610 g/mol. The quantitative estimate of drug-likeness (QED) is 0.234. The lowest BCUT2D eigenvalue weighted by Crippen LogP contribution is -2.14. The van der Waals surface area contributed by atoms with E-state index in [-0.39, 0.29) is 9.79 Å². The molecule has 0 saturated heterocycles. The van der Waals surface area contributed by atoms with Crippen LogP contribution in [0.4, 0.5) is 23.1 Å². The van der Waals surface area contributed by atoms with Crippen LogP contribution in [-0.2, 0) is 27.2 Å². The van der Waals surface area contributed by atoms with E-state index in [0.717, 1.165) is 27.8 Å². The Bertz CT molecular complexity index is 1970. The van der Waals surface area contributed by atoms with Crippen LogP contribution in [-0.4, -0.2) is 48.2 Å². The molecule has 0 atom stereocenters. The first-order chi connectivity index (χ1) is 19.6. The van der Waals surface area contributed by atoms with Gasteiger partial charge < -0.3 is 10.2 Å². The van der Waals surface area contributed by atoms with Gasteiger partial charge in [-0.15, -0.1) is 0 Å². The standard InChI is InChI=1S/C21H23N7O2S.C7H8O3S/c1-13-5-6-15(11-19(13)31(22,29)30)24-21-23-10-9-20(25-21)27(3)16-7-8-17-14(2)28(4)26-18(17)12-16;1-6-2-4-7(5-3-6)11(8,9)10/h5-12H,1-4H3,(H2,22,29,30)(H,23,24,25);2-5H,1H3,(H,8,9,10). The van der Waals surface area contributed by atoms with Crippen LogP contribution >= 0.6 is 0 Å². The third-order valence-electron chi connectivity index (χ3n) is 6.56. The van der Waals surface area contributed by atoms with Crippen LogP contribution in [0.15, 0.2) is 82.7 Å². The molecular weight excluding hydrogens is 578 g/mol. The van der Waals surface area contributed by atoms with Gasteiger partial charge in [-0.25, -0.2) is 18.5 Å². The molecule has 5 rings (SSSR count). The number of primary sulfonamides is 1. The fourth-order valence-electron chi connectivity index (χ4n) is 4.08. The molecule has 0 fully saturated rings. The molecule has 0 bridgehead atoms. The molecule has 0 aliphatic rings. The lowest BCUT2D eigenvalue weighted by molar-refractivity contribution is 0.483. The summed E-state index contributed by atoms with van der Waals surface area (Å²) in [4.78, 5) is 10.7. The zero-order valence-electron chi connectivity index (χ0n) is 23.6. The number of hydrogen-bond donors (Lipinski definition) is 3. The predicted octanol–water partition coefficient (Wildman–Crippen LogP) is 4.38. The van der Waals surface area contributed by atoms with Crippen molar-refractivity contribution in [3.05, 3.63) is 89.7 Å². The van der Waals surface area contributed by atoms with E-state index in [1.54, 1.807) is 43.5 Å². The molecule has 0 amide bonds. The van der Waals surface area contributed by atoms with Gasteiger partial charge in [0.25, 0.3) is 10.1 Å². The third-order valence-corrected chi connectivity index (χ3v) is 8.48. The van der Waals surface area contributed by atoms with Gasteiger partial charge in [0.1, 0.15) is 5.82 Å². The zero-order valence-corrected chi connectivity index (χ0v) is 25.3. The summed E-state index contributed by atoms with van der Waals surface area (Å²) in [6.45, 7) is 5.57. The molecule has 4 N–H and O–H groups in total. The van der Waals surface area contributed by atoms with E-state index >= 15 is 0 Å². The monoisotopic (exact) mass is 609 g/mol. The van der Waals surface area contributed by atoms with E-state index < -0.39 is 20.1 Å². The molecule has 220 valence electrons. The fraction of sp³-hybridized carbons (Fsp3) is 0.179. The van der Waals surface area contributed by atoms with E-state index in [9.17, 15) is 16.8 Å². The second-order valence-corrected chi connectivity index (χ2v) is 12.6. The Labute approximate surface area is 244 Å². The Morgan fingerprint density at radius 3 is 2.26 bits per heavy atom. The number of aryl methyl sites for hydroxylation is 4. The van der Waals surface area contributed by atoms with Crippen LogP contribution in [0.25, 0.3) is 10.9 Å². The molecule has 12 nitrogen and oxygen atoms in total. The molecule has 3 aromatic carbocycles. The summed E-state index contributed by atoms with van der Waals surface area (Å²) in [5.41, 5.74) is 5.00. The minimum absolute atomic E-state index is 0.0599. The Balaban J connectivity index is 0.000000310. The number of aromatic nitrogens is 4. The van der Waals surface area contributed by atoms with Gasteiger partial charge in [-0.2, -0.15) is 18.5 Å². The summed E-state index contributed by atoms with van der Waals surface area (Å²) in [6.07, 6.45) is 1.64. The number of nitrogens with zero attached hydrogens (tertiary/aromatic N) is 5. The first-order valence-corrected chi connectivity index (χ1v) is 15.6. The van der Waals surface area contributed by atoms with E-state index in [0.29, 0.717) is 23.0 Å². The van der Waals surface area contributed by atoms with Crippen LogP contribution in [0.2, 0.25) is 0 Å². The van der Waals surface area contributed by atoms with Crippen LogP contribution in [0.1, 0.15) is 16.8 Å². The number of hydrogen-bond acceptors (Lipinski definition) is 9. The summed E-state index contributed by atoms with van der Waals surface area (Å²) in [7, 11) is -4.01. The molecule has 5 aromatic rings. The summed E-state index contributed by atoms with van der Waals surface area (Å²) in [5.74, 6) is 1.01. The minimum atomic E-state index is -4.02. The van der Waals surface area contributed by atoms with Gasteiger partial charge in [-0.3, -0.25) is 9.23 Å². The average Bonchev–Trinajstić information content (AvgIpc) is 3.21. The number of benzene rings is 3. The van der Waals surface area contributed by atoms with Gasteiger partial charge in [-0.05, 0) is 74.9 Å². The molecule has 0 aliphatic heterocycles. The highest BCUT2D eigenvalue weighted by Crippen LogP contribution is 2.28. The normalized spacial score (nSPS) is 11.6. The SMILES string of the molecule is Cc1ccc(Nc2nccc(N(C)c3ccc4c(C)n(C)nc4c3)n2)cc1S(N)(=O)=O.Cc1ccc(S(=O)(=O)O)cc1. The summed E-state index contributed by atoms with van der Waals surface area (Å²) >= 11 is 0. The maximum Gasteiger partial charge on any atom is 0.294 e. The number of fused-ring (bicyclic) bond motifs is 1. The van der Waals surface area contributed by atoms with Crippen molar-refractivity contribution in [3.8, 4) is 0 Å². The van der Waals surface area contributed by atoms with Crippen LogP contribution in [0, 0.1) is 20.8 Å². The molecule has 2 heterocycles. The van der Waals surface area contributed by atoms with Crippen molar-refractivity contribution in [2.45, 2.75) is 30.6 Å². The number of nitrogens with one attached hydrogen (secondary N) is 1. The van der Waals surface area contributed by atoms with Crippen molar-refractivity contribution >= 4 is 54.2 Å². The summed E-state index contributed by atoms with van der Waals surface area (Å²) in [5, 5.41) is 14.0. The van der Waals surface area contributed by atoms with Crippen molar-refractivity contribution in [2.24, 2.45) is 12.2 Å². The van der Waals surface area contributed by atoms with Gasteiger partial charge in [0.2, 0.25) is 16.0 Å². The second-order valence-electron chi connectivity index (χ2n) is 9.65. The molecule has 0 aliphatic carbocycles. The minimum Gasteiger partial charge on any atom is -0.329 e. The van der Waals surface area contributed by atoms with Crippen molar-refractivity contribution in [2.75, 3.05) is 17.3 Å². The molecule has 14 heteroatoms. The lowest BCUT2D eigenvalue weighted by Gasteiger charge is -2.19. The zero-order chi connectivity index (χ0) is 30.8. The van der Waals surface area contributed by atoms with E-state index in [2.05, 4.69) is 20.4 Å². The first kappa shape index (κ1) is 30.6. The third kappa shape index (κ3) is 7.09. The van der Waals surface area contributed by atoms with Crippen LogP contribution in [0.5, 0.6) is 0 Å². The molecule has 0 unspecified atom stereocenters. The van der Waals surface area contributed by atoms with Gasteiger partial charge in [0, 0.05) is 42.7 Å². The highest BCUT2D eigenvalue weighted by atomic mass is 32.2. The van der Waals surface area contributed by atoms with Crippen LogP contribution in [0.3, 0.4) is 0 Å². The number of nitrogens with two attached hydrogens (primary N) is 1. The van der Waals surface area contributed by atoms with Crippen LogP contribution < -0.4 is 15.4 Å².